The van der Waals surface area contributed by atoms with Gasteiger partial charge < -0.3 is 9.26 Å². The Labute approximate surface area is 95.4 Å². The second-order valence-electron chi connectivity index (χ2n) is 4.88. The van der Waals surface area contributed by atoms with Gasteiger partial charge in [-0.15, -0.1) is 0 Å². The highest BCUT2D eigenvalue weighted by Crippen LogP contribution is 2.30. The molecule has 0 unspecified atom stereocenters. The third-order valence-corrected chi connectivity index (χ3v) is 2.59. The summed E-state index contributed by atoms with van der Waals surface area (Å²) in [6.07, 6.45) is 0. The monoisotopic (exact) mass is 219 g/mol. The molecule has 0 bridgehead atoms. The molecule has 0 aliphatic carbocycles. The fourth-order valence-corrected chi connectivity index (χ4v) is 1.62. The van der Waals surface area contributed by atoms with Crippen molar-refractivity contribution in [2.75, 3.05) is 6.61 Å². The van der Waals surface area contributed by atoms with E-state index in [1.54, 1.807) is 0 Å². The van der Waals surface area contributed by atoms with Gasteiger partial charge in [0, 0.05) is 0 Å². The van der Waals surface area contributed by atoms with Gasteiger partial charge >= 0.3 is 0 Å². The highest BCUT2D eigenvalue weighted by atomic mass is 16.5. The molecule has 16 heavy (non-hydrogen) atoms. The Morgan fingerprint density at radius 3 is 2.69 bits per heavy atom. The van der Waals surface area contributed by atoms with Crippen LogP contribution in [0.25, 0.3) is 11.0 Å². The molecule has 3 nitrogen and oxygen atoms in total. The molecule has 0 aliphatic rings. The number of nitrogens with zero attached hydrogens (tertiary/aromatic N) is 1. The third kappa shape index (κ3) is 1.90. The Morgan fingerprint density at radius 2 is 2.06 bits per heavy atom. The summed E-state index contributed by atoms with van der Waals surface area (Å²) in [4.78, 5) is 0. The zero-order valence-electron chi connectivity index (χ0n) is 10.2. The molecular weight excluding hydrogens is 202 g/mol. The van der Waals surface area contributed by atoms with Crippen molar-refractivity contribution in [3.63, 3.8) is 0 Å². The molecule has 0 fully saturated rings. The van der Waals surface area contributed by atoms with E-state index in [9.17, 15) is 0 Å². The summed E-state index contributed by atoms with van der Waals surface area (Å²) in [5.74, 6) is 0.581. The molecule has 3 heteroatoms. The number of rotatable bonds is 2. The topological polar surface area (TPSA) is 35.3 Å². The van der Waals surface area contributed by atoms with Gasteiger partial charge in [-0.25, -0.2) is 0 Å². The first kappa shape index (κ1) is 11.0. The van der Waals surface area contributed by atoms with Crippen molar-refractivity contribution in [2.45, 2.75) is 33.1 Å². The van der Waals surface area contributed by atoms with Gasteiger partial charge in [0.25, 0.3) is 5.88 Å². The molecule has 0 radical (unpaired) electrons. The van der Waals surface area contributed by atoms with Gasteiger partial charge in [-0.1, -0.05) is 26.8 Å². The van der Waals surface area contributed by atoms with Crippen LogP contribution in [0.3, 0.4) is 0 Å². The van der Waals surface area contributed by atoms with Crippen LogP contribution in [0.2, 0.25) is 0 Å². The first-order chi connectivity index (χ1) is 7.52. The van der Waals surface area contributed by atoms with Gasteiger partial charge in [0.15, 0.2) is 5.58 Å². The molecule has 2 rings (SSSR count). The smallest absolute Gasteiger partial charge is 0.262 e. The number of ether oxygens (including phenoxy) is 1. The molecule has 0 saturated heterocycles. The quantitative estimate of drug-likeness (QED) is 0.775. The molecule has 0 saturated carbocycles. The van der Waals surface area contributed by atoms with Crippen LogP contribution in [0.15, 0.2) is 22.7 Å². The molecule has 1 heterocycles. The number of benzene rings is 1. The van der Waals surface area contributed by atoms with Crippen LogP contribution in [0.5, 0.6) is 5.88 Å². The van der Waals surface area contributed by atoms with Gasteiger partial charge in [-0.2, -0.15) is 0 Å². The number of aromatic nitrogens is 1. The third-order valence-electron chi connectivity index (χ3n) is 2.59. The van der Waals surface area contributed by atoms with E-state index in [1.807, 2.05) is 19.1 Å². The Hall–Kier alpha value is -1.51. The average Bonchev–Trinajstić information content (AvgIpc) is 2.60. The Balaban J connectivity index is 2.49. The first-order valence-electron chi connectivity index (χ1n) is 5.55. The molecule has 0 spiro atoms. The highest BCUT2D eigenvalue weighted by molar-refractivity contribution is 5.82. The van der Waals surface area contributed by atoms with Gasteiger partial charge in [-0.05, 0) is 35.2 Å². The number of hydrogen-bond acceptors (Lipinski definition) is 3. The molecule has 0 N–H and O–H groups in total. The Bertz CT molecular complexity index is 494. The van der Waals surface area contributed by atoms with Crippen molar-refractivity contribution in [3.8, 4) is 5.88 Å². The summed E-state index contributed by atoms with van der Waals surface area (Å²) in [7, 11) is 0. The van der Waals surface area contributed by atoms with Crippen LogP contribution in [0, 0.1) is 0 Å². The molecule has 0 atom stereocenters. The van der Waals surface area contributed by atoms with Gasteiger partial charge in [-0.3, -0.25) is 0 Å². The maximum Gasteiger partial charge on any atom is 0.262 e. The van der Waals surface area contributed by atoms with Gasteiger partial charge in [0.1, 0.15) is 0 Å². The highest BCUT2D eigenvalue weighted by Gasteiger charge is 2.16. The van der Waals surface area contributed by atoms with E-state index < -0.39 is 0 Å². The van der Waals surface area contributed by atoms with Crippen LogP contribution in [-0.4, -0.2) is 11.8 Å². The predicted octanol–water partition coefficient (Wildman–Crippen LogP) is 3.52. The van der Waals surface area contributed by atoms with Crippen LogP contribution in [-0.2, 0) is 5.41 Å². The zero-order chi connectivity index (χ0) is 11.8. The van der Waals surface area contributed by atoms with Crippen LogP contribution >= 0.6 is 0 Å². The summed E-state index contributed by atoms with van der Waals surface area (Å²) < 4.78 is 10.6. The standard InChI is InChI=1S/C13H17NO2/c1-5-15-12-10-7-6-9(13(2,3)4)8-11(10)16-14-12/h6-8H,5H2,1-4H3. The minimum Gasteiger partial charge on any atom is -0.475 e. The van der Waals surface area contributed by atoms with Crippen molar-refractivity contribution in [1.29, 1.82) is 0 Å². The average molecular weight is 219 g/mol. The SMILES string of the molecule is CCOc1noc2cc(C(C)(C)C)ccc12. The van der Waals surface area contributed by atoms with Crippen LogP contribution in [0.4, 0.5) is 0 Å². The fraction of sp³-hybridized carbons (Fsp3) is 0.462. The normalized spacial score (nSPS) is 12.0. The molecule has 1 aromatic heterocycles. The van der Waals surface area contributed by atoms with E-state index in [1.165, 1.54) is 5.56 Å². The zero-order valence-corrected chi connectivity index (χ0v) is 10.2. The molecule has 86 valence electrons. The van der Waals surface area contributed by atoms with E-state index in [0.717, 1.165) is 11.0 Å². The Morgan fingerprint density at radius 1 is 1.31 bits per heavy atom. The lowest BCUT2D eigenvalue weighted by atomic mass is 9.87. The summed E-state index contributed by atoms with van der Waals surface area (Å²) in [5, 5.41) is 4.85. The van der Waals surface area contributed by atoms with E-state index in [4.69, 9.17) is 9.26 Å². The lowest BCUT2D eigenvalue weighted by Crippen LogP contribution is -2.10. The van der Waals surface area contributed by atoms with Gasteiger partial charge in [0.05, 0.1) is 12.0 Å². The van der Waals surface area contributed by atoms with E-state index in [0.29, 0.717) is 12.5 Å². The van der Waals surface area contributed by atoms with E-state index >= 15 is 0 Å². The van der Waals surface area contributed by atoms with Crippen molar-refractivity contribution >= 4 is 11.0 Å². The summed E-state index contributed by atoms with van der Waals surface area (Å²) >= 11 is 0. The van der Waals surface area contributed by atoms with Gasteiger partial charge in [0.2, 0.25) is 0 Å². The predicted molar refractivity (Wildman–Crippen MR) is 63.9 cm³/mol. The largest absolute Gasteiger partial charge is 0.475 e. The number of hydrogen-bond donors (Lipinski definition) is 0. The Kier molecular flexibility index (Phi) is 2.62. The van der Waals surface area contributed by atoms with Crippen LogP contribution in [0.1, 0.15) is 33.3 Å². The summed E-state index contributed by atoms with van der Waals surface area (Å²) in [6, 6.07) is 6.14. The summed E-state index contributed by atoms with van der Waals surface area (Å²) in [6.45, 7) is 9.06. The second-order valence-corrected chi connectivity index (χ2v) is 4.88. The van der Waals surface area contributed by atoms with E-state index in [-0.39, 0.29) is 5.41 Å². The van der Waals surface area contributed by atoms with Crippen molar-refractivity contribution in [1.82, 2.24) is 5.16 Å². The molecule has 1 aromatic carbocycles. The maximum atomic E-state index is 5.38. The lowest BCUT2D eigenvalue weighted by molar-refractivity contribution is 0.301. The van der Waals surface area contributed by atoms with Crippen molar-refractivity contribution in [3.05, 3.63) is 23.8 Å². The maximum absolute atomic E-state index is 5.38. The second kappa shape index (κ2) is 3.81. The molecule has 2 aromatic rings. The summed E-state index contributed by atoms with van der Waals surface area (Å²) in [5.41, 5.74) is 2.14. The minimum atomic E-state index is 0.118. The fourth-order valence-electron chi connectivity index (χ4n) is 1.62. The minimum absolute atomic E-state index is 0.118. The van der Waals surface area contributed by atoms with Crippen molar-refractivity contribution < 1.29 is 9.26 Å². The molecule has 0 amide bonds. The van der Waals surface area contributed by atoms with E-state index in [2.05, 4.69) is 32.0 Å². The lowest BCUT2D eigenvalue weighted by Gasteiger charge is -2.18. The van der Waals surface area contributed by atoms with Crippen LogP contribution < -0.4 is 4.74 Å². The molecular formula is C13H17NO2. The first-order valence-corrected chi connectivity index (χ1v) is 5.55. The van der Waals surface area contributed by atoms with Crippen molar-refractivity contribution in [2.24, 2.45) is 0 Å². The number of fused-ring (bicyclic) bond motifs is 1. The molecule has 0 aliphatic heterocycles.